The number of aryl methyl sites for hydroxylation is 1. The predicted molar refractivity (Wildman–Crippen MR) is 73.4 cm³/mol. The molecule has 0 aliphatic carbocycles. The van der Waals surface area contributed by atoms with Crippen molar-refractivity contribution in [3.05, 3.63) is 33.9 Å². The Hall–Kier alpha value is -1.66. The van der Waals surface area contributed by atoms with Gasteiger partial charge in [0.05, 0.1) is 11.0 Å². The summed E-state index contributed by atoms with van der Waals surface area (Å²) in [5.41, 5.74) is 1.53. The molecule has 6 nitrogen and oxygen atoms in total. The van der Waals surface area contributed by atoms with Crippen molar-refractivity contribution in [2.45, 2.75) is 32.6 Å². The highest BCUT2D eigenvalue weighted by Crippen LogP contribution is 2.24. The molecule has 1 rings (SSSR count). The molecule has 6 heteroatoms. The van der Waals surface area contributed by atoms with Gasteiger partial charge in [0.2, 0.25) is 0 Å². The van der Waals surface area contributed by atoms with Crippen LogP contribution in [0.2, 0.25) is 0 Å². The lowest BCUT2D eigenvalue weighted by molar-refractivity contribution is -0.385. The van der Waals surface area contributed by atoms with Gasteiger partial charge in [-0.3, -0.25) is 10.1 Å². The van der Waals surface area contributed by atoms with Gasteiger partial charge in [0, 0.05) is 31.5 Å². The van der Waals surface area contributed by atoms with Gasteiger partial charge in [0.15, 0.2) is 6.29 Å². The van der Waals surface area contributed by atoms with Crippen LogP contribution in [0.4, 0.5) is 11.4 Å². The molecular weight excluding hydrogens is 248 g/mol. The number of rotatable bonds is 7. The van der Waals surface area contributed by atoms with E-state index in [2.05, 4.69) is 5.32 Å². The van der Waals surface area contributed by atoms with E-state index in [0.29, 0.717) is 12.1 Å². The maximum absolute atomic E-state index is 11.0. The molecule has 1 atom stereocenters. The molecule has 0 saturated heterocycles. The first-order chi connectivity index (χ1) is 9.03. The molecule has 1 unspecified atom stereocenters. The Balaban J connectivity index is 2.90. The van der Waals surface area contributed by atoms with Gasteiger partial charge in [-0.15, -0.1) is 0 Å². The number of methoxy groups -OCH3 is 2. The topological polar surface area (TPSA) is 73.6 Å². The van der Waals surface area contributed by atoms with Crippen molar-refractivity contribution in [3.63, 3.8) is 0 Å². The van der Waals surface area contributed by atoms with Crippen molar-refractivity contribution in [1.29, 1.82) is 0 Å². The zero-order chi connectivity index (χ0) is 14.4. The number of nitro benzene ring substituents is 1. The van der Waals surface area contributed by atoms with Crippen molar-refractivity contribution in [2.24, 2.45) is 0 Å². The Morgan fingerprint density at radius 1 is 1.37 bits per heavy atom. The summed E-state index contributed by atoms with van der Waals surface area (Å²) in [7, 11) is 3.10. The Morgan fingerprint density at radius 2 is 2.00 bits per heavy atom. The van der Waals surface area contributed by atoms with Gasteiger partial charge in [-0.2, -0.15) is 0 Å². The van der Waals surface area contributed by atoms with E-state index in [1.165, 1.54) is 6.07 Å². The molecule has 106 valence electrons. The fourth-order valence-corrected chi connectivity index (χ4v) is 1.96. The van der Waals surface area contributed by atoms with E-state index in [9.17, 15) is 10.1 Å². The van der Waals surface area contributed by atoms with Crippen LogP contribution in [0.3, 0.4) is 0 Å². The van der Waals surface area contributed by atoms with E-state index in [1.807, 2.05) is 19.9 Å². The minimum atomic E-state index is -0.412. The Labute approximate surface area is 112 Å². The van der Waals surface area contributed by atoms with Gasteiger partial charge < -0.3 is 14.8 Å². The first-order valence-corrected chi connectivity index (χ1v) is 6.12. The second kappa shape index (κ2) is 7.06. The summed E-state index contributed by atoms with van der Waals surface area (Å²) in [5.74, 6) is 0. The van der Waals surface area contributed by atoms with Crippen LogP contribution in [-0.4, -0.2) is 31.5 Å². The van der Waals surface area contributed by atoms with E-state index in [0.717, 1.165) is 5.56 Å². The molecule has 0 amide bonds. The normalized spacial score (nSPS) is 12.5. The summed E-state index contributed by atoms with van der Waals surface area (Å²) >= 11 is 0. The lowest BCUT2D eigenvalue weighted by Gasteiger charge is -2.23. The summed E-state index contributed by atoms with van der Waals surface area (Å²) in [6, 6.07) is 5.01. The quantitative estimate of drug-likeness (QED) is 0.467. The number of hydrogen-bond donors (Lipinski definition) is 1. The molecule has 0 aliphatic rings. The van der Waals surface area contributed by atoms with Crippen LogP contribution in [0.25, 0.3) is 0 Å². The van der Waals surface area contributed by atoms with Crippen LogP contribution in [0.5, 0.6) is 0 Å². The van der Waals surface area contributed by atoms with Crippen LogP contribution in [-0.2, 0) is 15.9 Å². The van der Waals surface area contributed by atoms with Crippen LogP contribution >= 0.6 is 0 Å². The van der Waals surface area contributed by atoms with Crippen LogP contribution in [0, 0.1) is 10.1 Å². The number of nitro groups is 1. The number of benzene rings is 1. The number of anilines is 1. The highest BCUT2D eigenvalue weighted by Gasteiger charge is 2.18. The zero-order valence-corrected chi connectivity index (χ0v) is 11.7. The van der Waals surface area contributed by atoms with Gasteiger partial charge in [0.1, 0.15) is 0 Å². The summed E-state index contributed by atoms with van der Waals surface area (Å²) in [5, 5.41) is 14.1. The predicted octanol–water partition coefficient (Wildman–Crippen LogP) is 2.58. The molecule has 0 aliphatic heterocycles. The number of nitrogens with zero attached hydrogens (tertiary/aromatic N) is 1. The van der Waals surface area contributed by atoms with Gasteiger partial charge in [0.25, 0.3) is 5.69 Å². The van der Waals surface area contributed by atoms with Crippen molar-refractivity contribution >= 4 is 11.4 Å². The van der Waals surface area contributed by atoms with Crippen molar-refractivity contribution in [2.75, 3.05) is 19.5 Å². The van der Waals surface area contributed by atoms with E-state index < -0.39 is 6.29 Å². The second-order valence-corrected chi connectivity index (χ2v) is 4.23. The first kappa shape index (κ1) is 15.4. The number of hydrogen-bond acceptors (Lipinski definition) is 5. The van der Waals surface area contributed by atoms with Gasteiger partial charge in [-0.05, 0) is 19.4 Å². The van der Waals surface area contributed by atoms with E-state index in [1.54, 1.807) is 20.3 Å². The largest absolute Gasteiger partial charge is 0.377 e. The van der Waals surface area contributed by atoms with Crippen molar-refractivity contribution in [3.8, 4) is 0 Å². The van der Waals surface area contributed by atoms with Gasteiger partial charge in [-0.25, -0.2) is 0 Å². The minimum Gasteiger partial charge on any atom is -0.377 e. The standard InChI is InChI=1S/C13H20N2O4/c1-5-10-6-7-11(8-12(10)15(16)17)14-9(2)13(18-3)19-4/h6-9,13-14H,5H2,1-4H3. The number of ether oxygens (including phenoxy) is 2. The van der Waals surface area contributed by atoms with Crippen LogP contribution in [0.1, 0.15) is 19.4 Å². The molecule has 0 fully saturated rings. The SMILES string of the molecule is CCc1ccc(NC(C)C(OC)OC)cc1[N+](=O)[O-]. The summed E-state index contributed by atoms with van der Waals surface area (Å²) < 4.78 is 10.3. The third kappa shape index (κ3) is 3.90. The molecule has 0 saturated carbocycles. The second-order valence-electron chi connectivity index (χ2n) is 4.23. The third-order valence-electron chi connectivity index (χ3n) is 2.93. The van der Waals surface area contributed by atoms with E-state index in [4.69, 9.17) is 9.47 Å². The fourth-order valence-electron chi connectivity index (χ4n) is 1.96. The lowest BCUT2D eigenvalue weighted by atomic mass is 10.1. The summed E-state index contributed by atoms with van der Waals surface area (Å²) in [6.07, 6.45) is 0.218. The van der Waals surface area contributed by atoms with Gasteiger partial charge in [-0.1, -0.05) is 13.0 Å². The molecule has 0 bridgehead atoms. The Morgan fingerprint density at radius 3 is 2.47 bits per heavy atom. The fraction of sp³-hybridized carbons (Fsp3) is 0.538. The van der Waals surface area contributed by atoms with Crippen LogP contribution < -0.4 is 5.32 Å². The monoisotopic (exact) mass is 268 g/mol. The molecule has 1 aromatic carbocycles. The molecule has 1 aromatic rings. The summed E-state index contributed by atoms with van der Waals surface area (Å²) in [6.45, 7) is 3.78. The molecule has 1 N–H and O–H groups in total. The molecule has 0 radical (unpaired) electrons. The van der Waals surface area contributed by atoms with Gasteiger partial charge >= 0.3 is 0 Å². The smallest absolute Gasteiger partial charge is 0.274 e. The molecule has 0 spiro atoms. The minimum absolute atomic E-state index is 0.123. The highest BCUT2D eigenvalue weighted by molar-refractivity contribution is 5.55. The zero-order valence-electron chi connectivity index (χ0n) is 11.7. The first-order valence-electron chi connectivity index (χ1n) is 6.12. The third-order valence-corrected chi connectivity index (χ3v) is 2.93. The summed E-state index contributed by atoms with van der Waals surface area (Å²) in [4.78, 5) is 10.6. The highest BCUT2D eigenvalue weighted by atomic mass is 16.7. The maximum atomic E-state index is 11.0. The van der Waals surface area contributed by atoms with Crippen molar-refractivity contribution in [1.82, 2.24) is 0 Å². The molecule has 0 heterocycles. The molecule has 19 heavy (non-hydrogen) atoms. The van der Waals surface area contributed by atoms with Crippen LogP contribution in [0.15, 0.2) is 18.2 Å². The Kier molecular flexibility index (Phi) is 5.72. The van der Waals surface area contributed by atoms with E-state index in [-0.39, 0.29) is 16.7 Å². The average Bonchev–Trinajstić information content (AvgIpc) is 2.40. The molecular formula is C13H20N2O4. The van der Waals surface area contributed by atoms with E-state index >= 15 is 0 Å². The maximum Gasteiger partial charge on any atom is 0.274 e. The van der Waals surface area contributed by atoms with Crippen molar-refractivity contribution < 1.29 is 14.4 Å². The number of nitrogens with one attached hydrogen (secondary N) is 1. The Bertz CT molecular complexity index is 433. The molecule has 0 aromatic heterocycles. The average molecular weight is 268 g/mol. The lowest BCUT2D eigenvalue weighted by Crippen LogP contribution is -2.33.